The Morgan fingerprint density at radius 2 is 1.95 bits per heavy atom. The van der Waals surface area contributed by atoms with Gasteiger partial charge in [0.1, 0.15) is 3.70 Å². The lowest BCUT2D eigenvalue weighted by Gasteiger charge is -2.13. The van der Waals surface area contributed by atoms with Crippen molar-refractivity contribution >= 4 is 33.9 Å². The van der Waals surface area contributed by atoms with Crippen LogP contribution < -0.4 is 5.32 Å². The van der Waals surface area contributed by atoms with Gasteiger partial charge >= 0.3 is 0 Å². The zero-order chi connectivity index (χ0) is 14.8. The van der Waals surface area contributed by atoms with Gasteiger partial charge in [-0.25, -0.2) is 4.98 Å². The van der Waals surface area contributed by atoms with Crippen molar-refractivity contribution in [3.63, 3.8) is 0 Å². The molecule has 0 aliphatic carbocycles. The Hall–Kier alpha value is -1.56. The van der Waals surface area contributed by atoms with Crippen molar-refractivity contribution in [1.29, 1.82) is 0 Å². The second-order valence-electron chi connectivity index (χ2n) is 5.56. The van der Waals surface area contributed by atoms with Crippen LogP contribution in [-0.4, -0.2) is 15.9 Å². The smallest absolute Gasteiger partial charge is 0.161 e. The first-order valence-electron chi connectivity index (χ1n) is 7.11. The molecule has 0 aliphatic rings. The summed E-state index contributed by atoms with van der Waals surface area (Å²) in [4.78, 5) is 4.52. The molecule has 0 fully saturated rings. The molecular formula is C17H18IN3. The van der Waals surface area contributed by atoms with Crippen molar-refractivity contribution in [2.24, 2.45) is 5.92 Å². The highest BCUT2D eigenvalue weighted by Crippen LogP contribution is 2.27. The first-order chi connectivity index (χ1) is 10.1. The molecule has 0 aliphatic heterocycles. The first-order valence-corrected chi connectivity index (χ1v) is 8.19. The molecule has 0 amide bonds. The van der Waals surface area contributed by atoms with Crippen molar-refractivity contribution in [3.05, 3.63) is 52.5 Å². The molecule has 21 heavy (non-hydrogen) atoms. The fourth-order valence-corrected chi connectivity index (χ4v) is 2.80. The maximum atomic E-state index is 4.52. The van der Waals surface area contributed by atoms with Crippen LogP contribution in [0.4, 0.5) is 5.69 Å². The van der Waals surface area contributed by atoms with Gasteiger partial charge in [-0.2, -0.15) is 0 Å². The molecule has 0 saturated heterocycles. The molecule has 1 N–H and O–H groups in total. The lowest BCUT2D eigenvalue weighted by atomic mass is 10.1. The Morgan fingerprint density at radius 3 is 2.67 bits per heavy atom. The normalized spacial score (nSPS) is 11.2. The Balaban J connectivity index is 2.11. The van der Waals surface area contributed by atoms with Gasteiger partial charge < -0.3 is 5.32 Å². The Morgan fingerprint density at radius 1 is 1.19 bits per heavy atom. The van der Waals surface area contributed by atoms with E-state index in [0.717, 1.165) is 21.6 Å². The van der Waals surface area contributed by atoms with E-state index in [-0.39, 0.29) is 0 Å². The third-order valence-corrected chi connectivity index (χ3v) is 4.17. The van der Waals surface area contributed by atoms with E-state index in [0.29, 0.717) is 5.92 Å². The van der Waals surface area contributed by atoms with Crippen LogP contribution in [0.1, 0.15) is 13.8 Å². The van der Waals surface area contributed by atoms with Crippen molar-refractivity contribution in [2.75, 3.05) is 11.9 Å². The third kappa shape index (κ3) is 3.05. The van der Waals surface area contributed by atoms with Crippen LogP contribution in [0.15, 0.2) is 48.8 Å². The number of fused-ring (bicyclic) bond motifs is 1. The van der Waals surface area contributed by atoms with Gasteiger partial charge in [-0.1, -0.05) is 44.2 Å². The molecule has 3 rings (SSSR count). The molecule has 1 aromatic carbocycles. The van der Waals surface area contributed by atoms with Crippen LogP contribution in [0.5, 0.6) is 0 Å². The Labute approximate surface area is 138 Å². The highest BCUT2D eigenvalue weighted by atomic mass is 127. The number of aromatic nitrogens is 2. The molecule has 2 heterocycles. The molecule has 0 spiro atoms. The summed E-state index contributed by atoms with van der Waals surface area (Å²) < 4.78 is 3.26. The molecule has 4 heteroatoms. The maximum Gasteiger partial charge on any atom is 0.161 e. The third-order valence-electron chi connectivity index (χ3n) is 3.37. The SMILES string of the molecule is CC(C)CNc1cc(-c2ccccc2)cn2c(I)cnc12. The van der Waals surface area contributed by atoms with E-state index >= 15 is 0 Å². The molecule has 2 aromatic heterocycles. The van der Waals surface area contributed by atoms with Crippen molar-refractivity contribution in [3.8, 4) is 11.1 Å². The van der Waals surface area contributed by atoms with Gasteiger partial charge in [0.25, 0.3) is 0 Å². The Kier molecular flexibility index (Phi) is 4.14. The van der Waals surface area contributed by atoms with Crippen molar-refractivity contribution in [2.45, 2.75) is 13.8 Å². The minimum atomic E-state index is 0.597. The topological polar surface area (TPSA) is 29.3 Å². The summed E-state index contributed by atoms with van der Waals surface area (Å²) in [7, 11) is 0. The minimum Gasteiger partial charge on any atom is -0.382 e. The molecule has 0 saturated carbocycles. The molecule has 0 atom stereocenters. The fourth-order valence-electron chi connectivity index (χ4n) is 2.29. The average molecular weight is 391 g/mol. The van der Waals surface area contributed by atoms with Crippen LogP contribution in [0.2, 0.25) is 0 Å². The fraction of sp³-hybridized carbons (Fsp3) is 0.235. The largest absolute Gasteiger partial charge is 0.382 e. The van der Waals surface area contributed by atoms with E-state index < -0.39 is 0 Å². The number of nitrogens with zero attached hydrogens (tertiary/aromatic N) is 2. The summed E-state index contributed by atoms with van der Waals surface area (Å²) in [5, 5.41) is 3.52. The zero-order valence-corrected chi connectivity index (χ0v) is 14.3. The van der Waals surface area contributed by atoms with Crippen molar-refractivity contribution < 1.29 is 0 Å². The van der Waals surface area contributed by atoms with E-state index in [4.69, 9.17) is 0 Å². The number of anilines is 1. The number of halogens is 1. The molecule has 0 radical (unpaired) electrons. The van der Waals surface area contributed by atoms with Gasteiger partial charge in [-0.15, -0.1) is 0 Å². The Bertz CT molecular complexity index is 747. The lowest BCUT2D eigenvalue weighted by molar-refractivity contribution is 0.689. The van der Waals surface area contributed by atoms with E-state index in [2.05, 4.69) is 87.7 Å². The summed E-state index contributed by atoms with van der Waals surface area (Å²) in [5.74, 6) is 0.597. The summed E-state index contributed by atoms with van der Waals surface area (Å²) >= 11 is 2.32. The van der Waals surface area contributed by atoms with E-state index in [1.54, 1.807) is 0 Å². The van der Waals surface area contributed by atoms with Crippen molar-refractivity contribution in [1.82, 2.24) is 9.38 Å². The summed E-state index contributed by atoms with van der Waals surface area (Å²) in [6.45, 7) is 5.36. The summed E-state index contributed by atoms with van der Waals surface area (Å²) in [6, 6.07) is 12.6. The predicted molar refractivity (Wildman–Crippen MR) is 96.7 cm³/mol. The van der Waals surface area contributed by atoms with Gasteiger partial charge in [-0.05, 0) is 40.1 Å². The number of rotatable bonds is 4. The maximum absolute atomic E-state index is 4.52. The standard InChI is InChI=1S/C17H18IN3/c1-12(2)9-19-15-8-14(13-6-4-3-5-7-13)11-21-16(18)10-20-17(15)21/h3-8,10-12,19H,9H2,1-2H3. The highest BCUT2D eigenvalue weighted by Gasteiger charge is 2.10. The highest BCUT2D eigenvalue weighted by molar-refractivity contribution is 14.1. The van der Waals surface area contributed by atoms with Crippen LogP contribution in [-0.2, 0) is 0 Å². The van der Waals surface area contributed by atoms with Gasteiger partial charge in [-0.3, -0.25) is 4.40 Å². The number of benzene rings is 1. The van der Waals surface area contributed by atoms with Crippen LogP contribution in [0, 0.1) is 9.62 Å². The second kappa shape index (κ2) is 6.05. The van der Waals surface area contributed by atoms with Gasteiger partial charge in [0, 0.05) is 18.3 Å². The van der Waals surface area contributed by atoms with Gasteiger partial charge in [0.15, 0.2) is 5.65 Å². The molecule has 3 aromatic rings. The molecular weight excluding hydrogens is 373 g/mol. The summed E-state index contributed by atoms with van der Waals surface area (Å²) in [5.41, 5.74) is 4.49. The quantitative estimate of drug-likeness (QED) is 0.655. The molecule has 108 valence electrons. The lowest BCUT2D eigenvalue weighted by Crippen LogP contribution is -2.09. The predicted octanol–water partition coefficient (Wildman–Crippen LogP) is 4.67. The van der Waals surface area contributed by atoms with Crippen LogP contribution >= 0.6 is 22.6 Å². The minimum absolute atomic E-state index is 0.597. The molecule has 0 bridgehead atoms. The first kappa shape index (κ1) is 14.4. The zero-order valence-electron chi connectivity index (χ0n) is 12.2. The number of pyridine rings is 1. The van der Waals surface area contributed by atoms with Gasteiger partial charge in [0.05, 0.1) is 11.9 Å². The molecule has 0 unspecified atom stereocenters. The van der Waals surface area contributed by atoms with Gasteiger partial charge in [0.2, 0.25) is 0 Å². The van der Waals surface area contributed by atoms with E-state index in [1.165, 1.54) is 11.1 Å². The summed E-state index contributed by atoms with van der Waals surface area (Å²) in [6.07, 6.45) is 4.06. The number of hydrogen-bond acceptors (Lipinski definition) is 2. The second-order valence-corrected chi connectivity index (χ2v) is 6.66. The van der Waals surface area contributed by atoms with Crippen LogP contribution in [0.3, 0.4) is 0 Å². The number of hydrogen-bond donors (Lipinski definition) is 1. The average Bonchev–Trinajstić information content (AvgIpc) is 2.87. The van der Waals surface area contributed by atoms with Crippen LogP contribution in [0.25, 0.3) is 16.8 Å². The number of nitrogens with one attached hydrogen (secondary N) is 1. The number of imidazole rings is 1. The van der Waals surface area contributed by atoms with E-state index in [1.807, 2.05) is 12.3 Å². The monoisotopic (exact) mass is 391 g/mol. The molecule has 3 nitrogen and oxygen atoms in total. The van der Waals surface area contributed by atoms with E-state index in [9.17, 15) is 0 Å².